The molecule has 0 radical (unpaired) electrons. The maximum absolute atomic E-state index is 11.3. The van der Waals surface area contributed by atoms with Crippen LogP contribution in [0.15, 0.2) is 0 Å². The van der Waals surface area contributed by atoms with Crippen LogP contribution in [-0.4, -0.2) is 28.0 Å². The smallest absolute Gasteiger partial charge is 0.321 e. The fraction of sp³-hybridized carbons (Fsp3) is 1.00. The molecule has 0 heterocycles. The largest absolute Gasteiger partial charge is 0.412 e. The summed E-state index contributed by atoms with van der Waals surface area (Å²) >= 11 is 0. The standard InChI is InChI=1S/C4H13NO5P2/c1-8-11(4,6)5-12(7,9-2)10-3/h1-4H3,(H,5,6,7). The van der Waals surface area contributed by atoms with Crippen LogP contribution in [0.2, 0.25) is 0 Å². The first-order chi connectivity index (χ1) is 5.39. The minimum absolute atomic E-state index is 1.19. The normalized spacial score (nSPS) is 17.3. The summed E-state index contributed by atoms with van der Waals surface area (Å²) in [6, 6.07) is 0. The molecule has 74 valence electrons. The molecule has 0 bridgehead atoms. The molecule has 6 nitrogen and oxygen atoms in total. The van der Waals surface area contributed by atoms with E-state index < -0.39 is 15.3 Å². The lowest BCUT2D eigenvalue weighted by Crippen LogP contribution is -2.10. The topological polar surface area (TPSA) is 73.9 Å². The van der Waals surface area contributed by atoms with Gasteiger partial charge in [0.15, 0.2) is 0 Å². The summed E-state index contributed by atoms with van der Waals surface area (Å²) in [5.41, 5.74) is 0. The van der Waals surface area contributed by atoms with Crippen molar-refractivity contribution >= 4 is 15.3 Å². The third-order valence-electron chi connectivity index (χ3n) is 1.13. The molecule has 0 aromatic rings. The fourth-order valence-corrected chi connectivity index (χ4v) is 3.33. The Balaban J connectivity index is 4.42. The van der Waals surface area contributed by atoms with E-state index in [1.165, 1.54) is 28.0 Å². The molecule has 0 amide bonds. The summed E-state index contributed by atoms with van der Waals surface area (Å²) in [5, 5.41) is 0. The van der Waals surface area contributed by atoms with Crippen molar-refractivity contribution < 1.29 is 22.7 Å². The van der Waals surface area contributed by atoms with Crippen LogP contribution in [-0.2, 0) is 22.7 Å². The van der Waals surface area contributed by atoms with Gasteiger partial charge in [0.1, 0.15) is 0 Å². The van der Waals surface area contributed by atoms with Crippen molar-refractivity contribution in [3.05, 3.63) is 0 Å². The Kier molecular flexibility index (Phi) is 4.62. The summed E-state index contributed by atoms with van der Waals surface area (Å²) in [6.07, 6.45) is 0. The summed E-state index contributed by atoms with van der Waals surface area (Å²) in [4.78, 5) is 2.16. The second kappa shape index (κ2) is 4.51. The van der Waals surface area contributed by atoms with E-state index >= 15 is 0 Å². The van der Waals surface area contributed by atoms with Crippen molar-refractivity contribution in [1.82, 2.24) is 4.86 Å². The number of rotatable bonds is 5. The van der Waals surface area contributed by atoms with E-state index in [4.69, 9.17) is 0 Å². The monoisotopic (exact) mass is 217 g/mol. The first-order valence-electron chi connectivity index (χ1n) is 3.03. The summed E-state index contributed by atoms with van der Waals surface area (Å²) in [6.45, 7) is 1.28. The van der Waals surface area contributed by atoms with Gasteiger partial charge in [-0.1, -0.05) is 0 Å². The van der Waals surface area contributed by atoms with Gasteiger partial charge < -0.3 is 4.52 Å². The highest BCUT2D eigenvalue weighted by atomic mass is 31.2. The summed E-state index contributed by atoms with van der Waals surface area (Å²) < 4.78 is 36.1. The van der Waals surface area contributed by atoms with Crippen molar-refractivity contribution in [2.45, 2.75) is 0 Å². The second-order valence-electron chi connectivity index (χ2n) is 1.99. The predicted molar refractivity (Wildman–Crippen MR) is 45.3 cm³/mol. The first kappa shape index (κ1) is 12.3. The quantitative estimate of drug-likeness (QED) is 0.702. The fourth-order valence-electron chi connectivity index (χ4n) is 0.419. The maximum atomic E-state index is 11.3. The van der Waals surface area contributed by atoms with Gasteiger partial charge >= 0.3 is 7.75 Å². The van der Waals surface area contributed by atoms with E-state index in [2.05, 4.69) is 18.4 Å². The zero-order valence-corrected chi connectivity index (χ0v) is 9.22. The minimum atomic E-state index is -3.46. The number of hydrogen-bond donors (Lipinski definition) is 1. The van der Waals surface area contributed by atoms with E-state index in [-0.39, 0.29) is 0 Å². The van der Waals surface area contributed by atoms with Gasteiger partial charge in [-0.25, -0.2) is 4.57 Å². The highest BCUT2D eigenvalue weighted by Gasteiger charge is 2.29. The first-order valence-corrected chi connectivity index (χ1v) is 6.65. The molecule has 0 aromatic carbocycles. The average Bonchev–Trinajstić information content (AvgIpc) is 2.04. The Hall–Kier alpha value is 0.300. The van der Waals surface area contributed by atoms with Gasteiger partial charge in [0, 0.05) is 28.0 Å². The van der Waals surface area contributed by atoms with E-state index in [1.807, 2.05) is 0 Å². The van der Waals surface area contributed by atoms with Gasteiger partial charge in [0.2, 0.25) is 0 Å². The zero-order valence-electron chi connectivity index (χ0n) is 7.44. The molecule has 1 atom stereocenters. The molecule has 0 spiro atoms. The van der Waals surface area contributed by atoms with Crippen LogP contribution in [0.3, 0.4) is 0 Å². The second-order valence-corrected chi connectivity index (χ2v) is 6.57. The van der Waals surface area contributed by atoms with Crippen molar-refractivity contribution in [2.75, 3.05) is 28.0 Å². The molecule has 0 saturated heterocycles. The summed E-state index contributed by atoms with van der Waals surface area (Å²) in [7, 11) is -2.93. The third kappa shape index (κ3) is 3.81. The van der Waals surface area contributed by atoms with Crippen LogP contribution >= 0.6 is 15.3 Å². The predicted octanol–water partition coefficient (Wildman–Crippen LogP) is 1.45. The molecule has 0 aliphatic carbocycles. The van der Waals surface area contributed by atoms with E-state index in [1.54, 1.807) is 0 Å². The van der Waals surface area contributed by atoms with Gasteiger partial charge in [-0.05, 0) is 0 Å². The van der Waals surface area contributed by atoms with Gasteiger partial charge in [-0.3, -0.25) is 13.6 Å². The lowest BCUT2D eigenvalue weighted by molar-refractivity contribution is 0.268. The van der Waals surface area contributed by atoms with Crippen LogP contribution < -0.4 is 4.86 Å². The van der Waals surface area contributed by atoms with Crippen LogP contribution in [0.25, 0.3) is 0 Å². The third-order valence-corrected chi connectivity index (χ3v) is 5.22. The van der Waals surface area contributed by atoms with Gasteiger partial charge in [0.05, 0.1) is 0 Å². The molecule has 0 fully saturated rings. The highest BCUT2D eigenvalue weighted by molar-refractivity contribution is 7.69. The van der Waals surface area contributed by atoms with Gasteiger partial charge in [0.25, 0.3) is 7.52 Å². The molecule has 8 heteroatoms. The van der Waals surface area contributed by atoms with Crippen molar-refractivity contribution in [3.63, 3.8) is 0 Å². The van der Waals surface area contributed by atoms with E-state index in [0.717, 1.165) is 0 Å². The lowest BCUT2D eigenvalue weighted by Gasteiger charge is -2.18. The van der Waals surface area contributed by atoms with Crippen molar-refractivity contribution in [2.24, 2.45) is 0 Å². The molecule has 0 saturated carbocycles. The zero-order chi connectivity index (χ0) is 9.83. The van der Waals surface area contributed by atoms with E-state index in [9.17, 15) is 9.13 Å². The van der Waals surface area contributed by atoms with Crippen LogP contribution in [0, 0.1) is 0 Å². The number of hydrogen-bond acceptors (Lipinski definition) is 5. The van der Waals surface area contributed by atoms with Crippen LogP contribution in [0.5, 0.6) is 0 Å². The Labute approximate surface area is 71.7 Å². The van der Waals surface area contributed by atoms with Gasteiger partial charge in [-0.2, -0.15) is 0 Å². The minimum Gasteiger partial charge on any atom is -0.321 e. The molecule has 12 heavy (non-hydrogen) atoms. The lowest BCUT2D eigenvalue weighted by atomic mass is 11.8. The van der Waals surface area contributed by atoms with Crippen LogP contribution in [0.4, 0.5) is 0 Å². The molecule has 0 aliphatic rings. The SMILES string of the molecule is COP(C)(=O)NP(=O)(OC)OC. The number of nitrogens with one attached hydrogen (secondary N) is 1. The molecule has 0 aromatic heterocycles. The molecule has 1 unspecified atom stereocenters. The average molecular weight is 217 g/mol. The Morgan fingerprint density at radius 3 is 1.67 bits per heavy atom. The Bertz CT molecular complexity index is 221. The van der Waals surface area contributed by atoms with Crippen molar-refractivity contribution in [1.29, 1.82) is 0 Å². The molecule has 1 N–H and O–H groups in total. The Morgan fingerprint density at radius 2 is 1.42 bits per heavy atom. The molecular formula is C4H13NO5P2. The van der Waals surface area contributed by atoms with Gasteiger partial charge in [-0.15, -0.1) is 4.86 Å². The van der Waals surface area contributed by atoms with E-state index in [0.29, 0.717) is 0 Å². The van der Waals surface area contributed by atoms with Crippen LogP contribution in [0.1, 0.15) is 0 Å². The highest BCUT2D eigenvalue weighted by Crippen LogP contribution is 2.53. The molecular weight excluding hydrogens is 204 g/mol. The van der Waals surface area contributed by atoms with Crippen molar-refractivity contribution in [3.8, 4) is 0 Å². The maximum Gasteiger partial charge on any atom is 0.412 e. The Morgan fingerprint density at radius 1 is 1.00 bits per heavy atom. The molecule has 0 aliphatic heterocycles. The summed E-state index contributed by atoms with van der Waals surface area (Å²) in [5.74, 6) is 0. The molecule has 0 rings (SSSR count).